The molecule has 286 valence electrons. The van der Waals surface area contributed by atoms with Gasteiger partial charge in [-0.3, -0.25) is 0 Å². The molecule has 61 heavy (non-hydrogen) atoms. The average molecular weight is 796 g/mol. The van der Waals surface area contributed by atoms with Gasteiger partial charge in [0.2, 0.25) is 0 Å². The van der Waals surface area contributed by atoms with Gasteiger partial charge >= 0.3 is 0 Å². The van der Waals surface area contributed by atoms with Crippen LogP contribution in [0.5, 0.6) is 0 Å². The summed E-state index contributed by atoms with van der Waals surface area (Å²) < 4.78 is 8.99. The van der Waals surface area contributed by atoms with E-state index in [1.807, 2.05) is 23.5 Å². The minimum absolute atomic E-state index is 0.890. The third kappa shape index (κ3) is 6.09. The quantitative estimate of drug-likeness (QED) is 0.160. The highest BCUT2D eigenvalue weighted by molar-refractivity contribution is 7.26. The molecule has 12 rings (SSSR count). The summed E-state index contributed by atoms with van der Waals surface area (Å²) in [6.07, 6.45) is 0. The SMILES string of the molecule is c1cc(-c2cccc(N(c3cccc(-c4ccc5c(c4)oc4ccccc45)c3)c3ccccc3-c3cccc4ccccc34)c2)cc(-c2cccc3c2sc2ccccc23)c1. The third-order valence-corrected chi connectivity index (χ3v) is 13.3. The lowest BCUT2D eigenvalue weighted by Crippen LogP contribution is -2.11. The van der Waals surface area contributed by atoms with Gasteiger partial charge in [0.15, 0.2) is 0 Å². The highest BCUT2D eigenvalue weighted by Crippen LogP contribution is 2.45. The van der Waals surface area contributed by atoms with Gasteiger partial charge in [0.05, 0.1) is 5.69 Å². The van der Waals surface area contributed by atoms with Crippen molar-refractivity contribution in [3.05, 3.63) is 224 Å². The van der Waals surface area contributed by atoms with E-state index in [2.05, 4.69) is 217 Å². The number of furan rings is 1. The first kappa shape index (κ1) is 35.2. The molecule has 0 amide bonds. The molecule has 2 nitrogen and oxygen atoms in total. The van der Waals surface area contributed by atoms with Crippen LogP contribution in [0.1, 0.15) is 0 Å². The normalized spacial score (nSPS) is 11.6. The summed E-state index contributed by atoms with van der Waals surface area (Å²) in [4.78, 5) is 2.42. The maximum Gasteiger partial charge on any atom is 0.136 e. The summed E-state index contributed by atoms with van der Waals surface area (Å²) in [5.41, 5.74) is 14.4. The Morgan fingerprint density at radius 2 is 0.885 bits per heavy atom. The molecule has 0 N–H and O–H groups in total. The molecule has 0 fully saturated rings. The van der Waals surface area contributed by atoms with Crippen LogP contribution in [0.2, 0.25) is 0 Å². The van der Waals surface area contributed by atoms with Crippen LogP contribution in [-0.2, 0) is 0 Å². The van der Waals surface area contributed by atoms with Crippen LogP contribution in [0, 0.1) is 0 Å². The van der Waals surface area contributed by atoms with E-state index in [4.69, 9.17) is 4.42 Å². The molecule has 2 heterocycles. The summed E-state index contributed by atoms with van der Waals surface area (Å²) in [6.45, 7) is 0. The van der Waals surface area contributed by atoms with Crippen LogP contribution >= 0.6 is 11.3 Å². The van der Waals surface area contributed by atoms with Crippen molar-refractivity contribution in [2.75, 3.05) is 4.90 Å². The predicted octanol–water partition coefficient (Wildman–Crippen LogP) is 17.2. The molecule has 0 aliphatic rings. The van der Waals surface area contributed by atoms with Gasteiger partial charge in [0, 0.05) is 47.9 Å². The molecule has 12 aromatic rings. The number of benzene rings is 10. The Bertz CT molecular complexity index is 3620. The van der Waals surface area contributed by atoms with Gasteiger partial charge in [-0.05, 0) is 110 Å². The molecule has 0 aliphatic carbocycles. The van der Waals surface area contributed by atoms with Gasteiger partial charge in [-0.2, -0.15) is 0 Å². The molecule has 0 aliphatic heterocycles. The second kappa shape index (κ2) is 14.5. The van der Waals surface area contributed by atoms with Crippen LogP contribution < -0.4 is 4.90 Å². The molecule has 0 atom stereocenters. The van der Waals surface area contributed by atoms with Gasteiger partial charge in [-0.15, -0.1) is 11.3 Å². The van der Waals surface area contributed by atoms with E-state index in [9.17, 15) is 0 Å². The fourth-order valence-electron chi connectivity index (χ4n) is 9.18. The second-order valence-corrected chi connectivity index (χ2v) is 16.7. The summed E-state index contributed by atoms with van der Waals surface area (Å²) in [6, 6.07) is 81.3. The molecular formula is C58H37NOS. The van der Waals surface area contributed by atoms with Crippen molar-refractivity contribution in [1.82, 2.24) is 0 Å². The third-order valence-electron chi connectivity index (χ3n) is 12.1. The lowest BCUT2D eigenvalue weighted by molar-refractivity contribution is 0.669. The Morgan fingerprint density at radius 1 is 0.328 bits per heavy atom. The number of nitrogens with zero attached hydrogens (tertiary/aromatic N) is 1. The maximum atomic E-state index is 6.35. The largest absolute Gasteiger partial charge is 0.456 e. The number of hydrogen-bond acceptors (Lipinski definition) is 3. The van der Waals surface area contributed by atoms with E-state index in [-0.39, 0.29) is 0 Å². The Balaban J connectivity index is 1.01. The Hall–Kier alpha value is -7.72. The molecule has 0 unspecified atom stereocenters. The standard InChI is InChI=1S/C58H37NOS/c1-2-22-46-38(14-1)15-12-27-48(46)49-23-3-6-29-54(49)59(45-21-11-18-41(36-45)42-32-33-51-50-24-4-7-30-55(50)60-56(51)37-42)44-20-10-17-40(35-44)39-16-9-19-43(34-39)47-26-13-28-53-52-25-5-8-31-57(52)61-58(47)53/h1-37H. The number of fused-ring (bicyclic) bond motifs is 7. The molecule has 0 spiro atoms. The minimum atomic E-state index is 0.890. The monoisotopic (exact) mass is 795 g/mol. The number of para-hydroxylation sites is 2. The molecule has 10 aromatic carbocycles. The molecule has 0 saturated heterocycles. The van der Waals surface area contributed by atoms with E-state index >= 15 is 0 Å². The van der Waals surface area contributed by atoms with E-state index in [0.29, 0.717) is 0 Å². The Labute approximate surface area is 357 Å². The van der Waals surface area contributed by atoms with Gasteiger partial charge in [-0.25, -0.2) is 0 Å². The molecule has 3 heteroatoms. The Morgan fingerprint density at radius 3 is 1.74 bits per heavy atom. The van der Waals surface area contributed by atoms with Crippen molar-refractivity contribution in [2.45, 2.75) is 0 Å². The smallest absolute Gasteiger partial charge is 0.136 e. The zero-order valence-corrected chi connectivity index (χ0v) is 33.9. The van der Waals surface area contributed by atoms with Crippen molar-refractivity contribution in [3.8, 4) is 44.5 Å². The average Bonchev–Trinajstić information content (AvgIpc) is 3.90. The van der Waals surface area contributed by atoms with Crippen molar-refractivity contribution in [2.24, 2.45) is 0 Å². The lowest BCUT2D eigenvalue weighted by Gasteiger charge is -2.29. The highest BCUT2D eigenvalue weighted by atomic mass is 32.1. The number of hydrogen-bond donors (Lipinski definition) is 0. The van der Waals surface area contributed by atoms with Crippen molar-refractivity contribution in [3.63, 3.8) is 0 Å². The fraction of sp³-hybridized carbons (Fsp3) is 0. The van der Waals surface area contributed by atoms with Gasteiger partial charge < -0.3 is 9.32 Å². The number of thiophene rings is 1. The van der Waals surface area contributed by atoms with Crippen molar-refractivity contribution < 1.29 is 4.42 Å². The topological polar surface area (TPSA) is 16.4 Å². The second-order valence-electron chi connectivity index (χ2n) is 15.7. The predicted molar refractivity (Wildman–Crippen MR) is 261 cm³/mol. The van der Waals surface area contributed by atoms with Crippen molar-refractivity contribution >= 4 is 81.3 Å². The van der Waals surface area contributed by atoms with Crippen LogP contribution in [0.4, 0.5) is 17.1 Å². The van der Waals surface area contributed by atoms with E-state index in [1.165, 1.54) is 53.2 Å². The van der Waals surface area contributed by atoms with Gasteiger partial charge in [0.25, 0.3) is 0 Å². The first-order valence-corrected chi connectivity index (χ1v) is 21.6. The lowest BCUT2D eigenvalue weighted by atomic mass is 9.95. The summed E-state index contributed by atoms with van der Waals surface area (Å²) in [7, 11) is 0. The first-order chi connectivity index (χ1) is 30.2. The van der Waals surface area contributed by atoms with Gasteiger partial charge in [-0.1, -0.05) is 164 Å². The minimum Gasteiger partial charge on any atom is -0.456 e. The van der Waals surface area contributed by atoms with Crippen LogP contribution in [0.3, 0.4) is 0 Å². The summed E-state index contributed by atoms with van der Waals surface area (Å²) in [5, 5.41) is 7.34. The number of anilines is 3. The molecule has 0 bridgehead atoms. The molecule has 2 aromatic heterocycles. The van der Waals surface area contributed by atoms with Crippen LogP contribution in [0.25, 0.3) is 97.4 Å². The zero-order chi connectivity index (χ0) is 40.3. The molecular weight excluding hydrogens is 759 g/mol. The van der Waals surface area contributed by atoms with E-state index < -0.39 is 0 Å². The van der Waals surface area contributed by atoms with E-state index in [0.717, 1.165) is 61.3 Å². The van der Waals surface area contributed by atoms with Crippen LogP contribution in [0.15, 0.2) is 229 Å². The Kier molecular flexibility index (Phi) is 8.39. The molecule has 0 saturated carbocycles. The summed E-state index contributed by atoms with van der Waals surface area (Å²) in [5.74, 6) is 0. The highest BCUT2D eigenvalue weighted by Gasteiger charge is 2.20. The number of rotatable bonds is 7. The summed E-state index contributed by atoms with van der Waals surface area (Å²) >= 11 is 1.88. The maximum absolute atomic E-state index is 6.35. The zero-order valence-electron chi connectivity index (χ0n) is 33.1. The van der Waals surface area contributed by atoms with Crippen LogP contribution in [-0.4, -0.2) is 0 Å². The molecule has 0 radical (unpaired) electrons. The van der Waals surface area contributed by atoms with Crippen molar-refractivity contribution in [1.29, 1.82) is 0 Å². The fourth-order valence-corrected chi connectivity index (χ4v) is 10.4. The van der Waals surface area contributed by atoms with Gasteiger partial charge in [0.1, 0.15) is 11.2 Å². The first-order valence-electron chi connectivity index (χ1n) is 20.7. The van der Waals surface area contributed by atoms with E-state index in [1.54, 1.807) is 0 Å².